The summed E-state index contributed by atoms with van der Waals surface area (Å²) < 4.78 is 0. The average molecular weight is 140 g/mol. The standard InChI is InChI=1S/C8H16N2/c1-5-8(2)10(4)7-6-9-3/h6-8H,3,5H2,1-2,4H3. The van der Waals surface area contributed by atoms with Gasteiger partial charge in [0.05, 0.1) is 0 Å². The summed E-state index contributed by atoms with van der Waals surface area (Å²) >= 11 is 0. The van der Waals surface area contributed by atoms with E-state index in [1.807, 2.05) is 13.2 Å². The zero-order valence-electron chi connectivity index (χ0n) is 7.04. The first-order chi connectivity index (χ1) is 4.72. The maximum Gasteiger partial charge on any atom is 0.0419 e. The van der Waals surface area contributed by atoms with E-state index in [4.69, 9.17) is 0 Å². The van der Waals surface area contributed by atoms with Crippen LogP contribution in [0.5, 0.6) is 0 Å². The Labute approximate surface area is 63.3 Å². The van der Waals surface area contributed by atoms with Gasteiger partial charge in [-0.25, -0.2) is 0 Å². The van der Waals surface area contributed by atoms with Gasteiger partial charge in [-0.1, -0.05) is 6.92 Å². The lowest BCUT2D eigenvalue weighted by molar-refractivity contribution is 0.343. The van der Waals surface area contributed by atoms with E-state index >= 15 is 0 Å². The Hall–Kier alpha value is -0.790. The summed E-state index contributed by atoms with van der Waals surface area (Å²) in [4.78, 5) is 5.74. The summed E-state index contributed by atoms with van der Waals surface area (Å²) in [6, 6.07) is 0.581. The molecule has 0 saturated heterocycles. The number of hydrogen-bond acceptors (Lipinski definition) is 2. The van der Waals surface area contributed by atoms with E-state index in [0.717, 1.165) is 6.42 Å². The van der Waals surface area contributed by atoms with Crippen LogP contribution in [0.2, 0.25) is 0 Å². The van der Waals surface area contributed by atoms with Crippen LogP contribution < -0.4 is 0 Å². The second-order valence-electron chi connectivity index (χ2n) is 2.40. The number of aliphatic imine (C=N–C) groups is 1. The molecule has 0 fully saturated rings. The fraction of sp³-hybridized carbons (Fsp3) is 0.625. The van der Waals surface area contributed by atoms with Crippen molar-refractivity contribution in [2.75, 3.05) is 7.05 Å². The van der Waals surface area contributed by atoms with Crippen LogP contribution in [0, 0.1) is 0 Å². The van der Waals surface area contributed by atoms with Gasteiger partial charge in [-0.2, -0.15) is 0 Å². The van der Waals surface area contributed by atoms with Crippen LogP contribution in [0.4, 0.5) is 0 Å². The highest BCUT2D eigenvalue weighted by Gasteiger charge is 1.99. The van der Waals surface area contributed by atoms with Crippen molar-refractivity contribution in [1.29, 1.82) is 0 Å². The Kier molecular flexibility index (Phi) is 4.63. The summed E-state index contributed by atoms with van der Waals surface area (Å²) in [5.74, 6) is 0. The molecule has 0 amide bonds. The zero-order chi connectivity index (χ0) is 7.98. The molecule has 10 heavy (non-hydrogen) atoms. The third-order valence-corrected chi connectivity index (χ3v) is 1.69. The summed E-state index contributed by atoms with van der Waals surface area (Å²) in [5, 5.41) is 0. The Balaban J connectivity index is 3.70. The van der Waals surface area contributed by atoms with Crippen LogP contribution in [-0.2, 0) is 0 Å². The van der Waals surface area contributed by atoms with Crippen LogP contribution in [0.25, 0.3) is 0 Å². The molecule has 58 valence electrons. The third-order valence-electron chi connectivity index (χ3n) is 1.69. The molecule has 1 unspecified atom stereocenters. The highest BCUT2D eigenvalue weighted by atomic mass is 15.1. The van der Waals surface area contributed by atoms with Crippen molar-refractivity contribution in [1.82, 2.24) is 4.90 Å². The minimum absolute atomic E-state index is 0.581. The van der Waals surface area contributed by atoms with Gasteiger partial charge in [0.1, 0.15) is 0 Å². The van der Waals surface area contributed by atoms with Crippen LogP contribution >= 0.6 is 0 Å². The molecule has 0 aliphatic rings. The first kappa shape index (κ1) is 9.21. The molecule has 0 aromatic rings. The predicted octanol–water partition coefficient (Wildman–Crippen LogP) is 1.89. The SMILES string of the molecule is C=NC=CN(C)C(C)CC. The van der Waals surface area contributed by atoms with Gasteiger partial charge >= 0.3 is 0 Å². The lowest BCUT2D eigenvalue weighted by atomic mass is 10.2. The molecule has 0 aromatic heterocycles. The lowest BCUT2D eigenvalue weighted by Crippen LogP contribution is -2.22. The summed E-state index contributed by atoms with van der Waals surface area (Å²) in [6.07, 6.45) is 4.78. The van der Waals surface area contributed by atoms with Gasteiger partial charge in [0.15, 0.2) is 0 Å². The van der Waals surface area contributed by atoms with Gasteiger partial charge < -0.3 is 4.90 Å². The summed E-state index contributed by atoms with van der Waals surface area (Å²) in [6.45, 7) is 7.69. The van der Waals surface area contributed by atoms with Crippen molar-refractivity contribution >= 4 is 6.72 Å². The second-order valence-corrected chi connectivity index (χ2v) is 2.40. The Bertz CT molecular complexity index is 118. The Morgan fingerprint density at radius 1 is 1.70 bits per heavy atom. The first-order valence-electron chi connectivity index (χ1n) is 3.56. The lowest BCUT2D eigenvalue weighted by Gasteiger charge is -2.20. The van der Waals surface area contributed by atoms with E-state index in [-0.39, 0.29) is 0 Å². The van der Waals surface area contributed by atoms with Crippen molar-refractivity contribution in [3.8, 4) is 0 Å². The number of hydrogen-bond donors (Lipinski definition) is 0. The molecule has 0 aromatic carbocycles. The largest absolute Gasteiger partial charge is 0.376 e. The van der Waals surface area contributed by atoms with E-state index < -0.39 is 0 Å². The Morgan fingerprint density at radius 3 is 2.70 bits per heavy atom. The molecule has 0 heterocycles. The van der Waals surface area contributed by atoms with Crippen LogP contribution in [0.1, 0.15) is 20.3 Å². The van der Waals surface area contributed by atoms with Crippen LogP contribution in [0.15, 0.2) is 17.4 Å². The molecule has 0 rings (SSSR count). The van der Waals surface area contributed by atoms with Crippen LogP contribution in [-0.4, -0.2) is 24.7 Å². The van der Waals surface area contributed by atoms with E-state index in [1.165, 1.54) is 0 Å². The third kappa shape index (κ3) is 3.28. The van der Waals surface area contributed by atoms with Crippen molar-refractivity contribution in [2.24, 2.45) is 4.99 Å². The van der Waals surface area contributed by atoms with E-state index in [1.54, 1.807) is 6.20 Å². The maximum absolute atomic E-state index is 3.62. The molecule has 0 spiro atoms. The fourth-order valence-corrected chi connectivity index (χ4v) is 0.587. The minimum Gasteiger partial charge on any atom is -0.376 e. The highest BCUT2D eigenvalue weighted by molar-refractivity contribution is 5.25. The monoisotopic (exact) mass is 140 g/mol. The average Bonchev–Trinajstić information content (AvgIpc) is 1.98. The molecular weight excluding hydrogens is 124 g/mol. The molecule has 0 bridgehead atoms. The summed E-state index contributed by atoms with van der Waals surface area (Å²) in [5.41, 5.74) is 0. The first-order valence-corrected chi connectivity index (χ1v) is 3.56. The quantitative estimate of drug-likeness (QED) is 0.544. The molecule has 2 nitrogen and oxygen atoms in total. The molecule has 0 N–H and O–H groups in total. The van der Waals surface area contributed by atoms with Crippen molar-refractivity contribution < 1.29 is 0 Å². The zero-order valence-corrected chi connectivity index (χ0v) is 7.04. The van der Waals surface area contributed by atoms with Gasteiger partial charge in [-0.05, 0) is 20.1 Å². The van der Waals surface area contributed by atoms with Crippen LogP contribution in [0.3, 0.4) is 0 Å². The van der Waals surface area contributed by atoms with Gasteiger partial charge in [0.25, 0.3) is 0 Å². The van der Waals surface area contributed by atoms with Gasteiger partial charge in [-0.15, -0.1) is 0 Å². The predicted molar refractivity (Wildman–Crippen MR) is 46.2 cm³/mol. The van der Waals surface area contributed by atoms with Gasteiger partial charge in [-0.3, -0.25) is 4.99 Å². The molecular formula is C8H16N2. The normalized spacial score (nSPS) is 13.5. The molecule has 1 atom stereocenters. The number of rotatable bonds is 4. The van der Waals surface area contributed by atoms with Crippen molar-refractivity contribution in [3.63, 3.8) is 0 Å². The fourth-order valence-electron chi connectivity index (χ4n) is 0.587. The molecule has 0 aliphatic carbocycles. The summed E-state index contributed by atoms with van der Waals surface area (Å²) in [7, 11) is 2.04. The smallest absolute Gasteiger partial charge is 0.0419 e. The highest BCUT2D eigenvalue weighted by Crippen LogP contribution is 1.99. The molecule has 0 saturated carbocycles. The molecule has 2 heteroatoms. The van der Waals surface area contributed by atoms with Crippen molar-refractivity contribution in [2.45, 2.75) is 26.3 Å². The molecule has 0 radical (unpaired) electrons. The molecule has 0 aliphatic heterocycles. The van der Waals surface area contributed by atoms with E-state index in [0.29, 0.717) is 6.04 Å². The minimum atomic E-state index is 0.581. The maximum atomic E-state index is 3.62. The topological polar surface area (TPSA) is 15.6 Å². The van der Waals surface area contributed by atoms with E-state index in [9.17, 15) is 0 Å². The van der Waals surface area contributed by atoms with Gasteiger partial charge in [0.2, 0.25) is 0 Å². The van der Waals surface area contributed by atoms with Crippen molar-refractivity contribution in [3.05, 3.63) is 12.4 Å². The van der Waals surface area contributed by atoms with E-state index in [2.05, 4.69) is 30.5 Å². The Morgan fingerprint density at radius 2 is 2.30 bits per heavy atom. The number of nitrogens with zero attached hydrogens (tertiary/aromatic N) is 2. The second kappa shape index (κ2) is 5.03. The van der Waals surface area contributed by atoms with Gasteiger partial charge in [0, 0.05) is 25.5 Å².